The Hall–Kier alpha value is -2.56. The maximum atomic E-state index is 12.8. The van der Waals surface area contributed by atoms with E-state index in [0.29, 0.717) is 11.2 Å². The lowest BCUT2D eigenvalue weighted by Crippen LogP contribution is -2.12. The number of thioether (sulfide) groups is 1. The number of aromatic nitrogens is 6. The zero-order chi connectivity index (χ0) is 19.3. The van der Waals surface area contributed by atoms with Crippen molar-refractivity contribution < 1.29 is 0 Å². The van der Waals surface area contributed by atoms with Crippen LogP contribution in [0.25, 0.3) is 31.7 Å². The fraction of sp³-hybridized carbons (Fsp3) is 0.167. The monoisotopic (exact) mass is 426 g/mol. The second kappa shape index (κ2) is 6.80. The molecule has 5 aromatic heterocycles. The predicted octanol–water partition coefficient (Wildman–Crippen LogP) is 4.24. The van der Waals surface area contributed by atoms with Crippen LogP contribution in [0.4, 0.5) is 0 Å². The molecular weight excluding hydrogens is 412 g/mol. The number of aryl methyl sites for hydroxylation is 1. The predicted molar refractivity (Wildman–Crippen MR) is 114 cm³/mol. The Balaban J connectivity index is 1.53. The first kappa shape index (κ1) is 17.5. The van der Waals surface area contributed by atoms with Crippen LogP contribution >= 0.6 is 34.4 Å². The standard InChI is InChI=1S/C18H14N6OS3/c1-9(28-17-10-6-21-24(2)15(10)19-8-20-17)14-22-16(25)13-11(7-27-18(13)23-14)12-4-3-5-26-12/h3-9H,1-2H3,(H,22,23,25)/t9-/m1/s1. The summed E-state index contributed by atoms with van der Waals surface area (Å²) in [6.45, 7) is 2.01. The van der Waals surface area contributed by atoms with Gasteiger partial charge in [0.05, 0.1) is 22.2 Å². The Morgan fingerprint density at radius 1 is 1.29 bits per heavy atom. The molecule has 28 heavy (non-hydrogen) atoms. The molecule has 10 heteroatoms. The Kier molecular flexibility index (Phi) is 4.26. The minimum Gasteiger partial charge on any atom is -0.309 e. The number of thiophene rings is 2. The molecule has 0 saturated heterocycles. The highest BCUT2D eigenvalue weighted by atomic mass is 32.2. The number of hydrogen-bond acceptors (Lipinski definition) is 8. The molecule has 5 heterocycles. The van der Waals surface area contributed by atoms with Crippen molar-refractivity contribution in [2.24, 2.45) is 7.05 Å². The maximum Gasteiger partial charge on any atom is 0.260 e. The first-order valence-corrected chi connectivity index (χ1v) is 11.1. The first-order chi connectivity index (χ1) is 13.6. The van der Waals surface area contributed by atoms with Gasteiger partial charge in [0.1, 0.15) is 22.0 Å². The van der Waals surface area contributed by atoms with Crippen molar-refractivity contribution in [3.05, 3.63) is 51.6 Å². The summed E-state index contributed by atoms with van der Waals surface area (Å²) in [5.74, 6) is 0.637. The largest absolute Gasteiger partial charge is 0.309 e. The molecule has 1 atom stereocenters. The molecule has 5 aromatic rings. The van der Waals surface area contributed by atoms with Crippen molar-refractivity contribution >= 4 is 55.7 Å². The number of hydrogen-bond donors (Lipinski definition) is 1. The fourth-order valence-electron chi connectivity index (χ4n) is 3.03. The summed E-state index contributed by atoms with van der Waals surface area (Å²) in [4.78, 5) is 31.0. The molecule has 0 aliphatic carbocycles. The summed E-state index contributed by atoms with van der Waals surface area (Å²) < 4.78 is 1.72. The molecule has 0 amide bonds. The van der Waals surface area contributed by atoms with E-state index in [0.717, 1.165) is 31.3 Å². The number of rotatable bonds is 4. The van der Waals surface area contributed by atoms with Crippen LogP contribution in [0.2, 0.25) is 0 Å². The number of aromatic amines is 1. The Labute approximate surface area is 171 Å². The second-order valence-corrected chi connectivity index (χ2v) is 9.34. The van der Waals surface area contributed by atoms with Crippen molar-refractivity contribution in [2.75, 3.05) is 0 Å². The van der Waals surface area contributed by atoms with Gasteiger partial charge in [-0.3, -0.25) is 9.48 Å². The van der Waals surface area contributed by atoms with Gasteiger partial charge in [-0.15, -0.1) is 22.7 Å². The molecular formula is C18H14N6OS3. The molecule has 0 fully saturated rings. The lowest BCUT2D eigenvalue weighted by atomic mass is 10.2. The van der Waals surface area contributed by atoms with E-state index in [4.69, 9.17) is 4.98 Å². The van der Waals surface area contributed by atoms with E-state index in [1.54, 1.807) is 22.2 Å². The van der Waals surface area contributed by atoms with E-state index in [9.17, 15) is 4.79 Å². The smallest absolute Gasteiger partial charge is 0.260 e. The molecule has 7 nitrogen and oxygen atoms in total. The van der Waals surface area contributed by atoms with E-state index in [2.05, 4.69) is 20.1 Å². The van der Waals surface area contributed by atoms with E-state index >= 15 is 0 Å². The summed E-state index contributed by atoms with van der Waals surface area (Å²) in [6.07, 6.45) is 3.29. The van der Waals surface area contributed by atoms with E-state index in [1.165, 1.54) is 29.4 Å². The highest BCUT2D eigenvalue weighted by molar-refractivity contribution is 7.99. The van der Waals surface area contributed by atoms with Crippen LogP contribution in [0.1, 0.15) is 18.0 Å². The summed E-state index contributed by atoms with van der Waals surface area (Å²) in [6, 6.07) is 4.01. The highest BCUT2D eigenvalue weighted by Gasteiger charge is 2.19. The van der Waals surface area contributed by atoms with Crippen LogP contribution in [-0.2, 0) is 7.05 Å². The zero-order valence-corrected chi connectivity index (χ0v) is 17.4. The van der Waals surface area contributed by atoms with Crippen LogP contribution in [-0.4, -0.2) is 29.7 Å². The fourth-order valence-corrected chi connectivity index (χ4v) is 5.74. The second-order valence-electron chi connectivity index (χ2n) is 6.20. The van der Waals surface area contributed by atoms with Crippen molar-refractivity contribution in [2.45, 2.75) is 17.2 Å². The van der Waals surface area contributed by atoms with Gasteiger partial charge in [0.25, 0.3) is 5.56 Å². The topological polar surface area (TPSA) is 89.3 Å². The minimum atomic E-state index is -0.105. The van der Waals surface area contributed by atoms with Crippen LogP contribution in [0.5, 0.6) is 0 Å². The van der Waals surface area contributed by atoms with Gasteiger partial charge in [0.15, 0.2) is 5.65 Å². The molecule has 0 aliphatic heterocycles. The van der Waals surface area contributed by atoms with Crippen molar-refractivity contribution in [3.63, 3.8) is 0 Å². The van der Waals surface area contributed by atoms with E-state index in [-0.39, 0.29) is 10.8 Å². The van der Waals surface area contributed by atoms with Gasteiger partial charge in [0, 0.05) is 22.9 Å². The third kappa shape index (κ3) is 2.84. The molecule has 0 radical (unpaired) electrons. The Morgan fingerprint density at radius 2 is 2.18 bits per heavy atom. The van der Waals surface area contributed by atoms with E-state index < -0.39 is 0 Å². The average molecular weight is 427 g/mol. The number of nitrogens with zero attached hydrogens (tertiary/aromatic N) is 5. The van der Waals surface area contributed by atoms with Crippen LogP contribution < -0.4 is 5.56 Å². The van der Waals surface area contributed by atoms with Crippen molar-refractivity contribution in [3.8, 4) is 10.4 Å². The summed E-state index contributed by atoms with van der Waals surface area (Å²) in [5, 5.41) is 10.5. The molecule has 0 spiro atoms. The normalized spacial score (nSPS) is 12.8. The van der Waals surface area contributed by atoms with Gasteiger partial charge in [-0.25, -0.2) is 15.0 Å². The first-order valence-electron chi connectivity index (χ1n) is 8.46. The third-order valence-electron chi connectivity index (χ3n) is 4.42. The molecule has 5 rings (SSSR count). The summed E-state index contributed by atoms with van der Waals surface area (Å²) in [7, 11) is 1.85. The van der Waals surface area contributed by atoms with Gasteiger partial charge in [-0.05, 0) is 18.4 Å². The van der Waals surface area contributed by atoms with E-state index in [1.807, 2.05) is 36.9 Å². The van der Waals surface area contributed by atoms with Crippen LogP contribution in [0, 0.1) is 0 Å². The summed E-state index contributed by atoms with van der Waals surface area (Å²) in [5.41, 5.74) is 1.62. The Morgan fingerprint density at radius 3 is 3.00 bits per heavy atom. The lowest BCUT2D eigenvalue weighted by molar-refractivity contribution is 0.784. The quantitative estimate of drug-likeness (QED) is 0.341. The minimum absolute atomic E-state index is 0.0808. The molecule has 0 saturated carbocycles. The third-order valence-corrected chi connectivity index (χ3v) is 7.32. The lowest BCUT2D eigenvalue weighted by Gasteiger charge is -2.10. The maximum absolute atomic E-state index is 12.8. The molecule has 1 N–H and O–H groups in total. The van der Waals surface area contributed by atoms with Gasteiger partial charge >= 0.3 is 0 Å². The highest BCUT2D eigenvalue weighted by Crippen LogP contribution is 2.37. The SMILES string of the molecule is C[C@@H](Sc1ncnc2c1cnn2C)c1nc2scc(-c3cccs3)c2c(=O)[nH]1. The van der Waals surface area contributed by atoms with Gasteiger partial charge in [0.2, 0.25) is 0 Å². The number of nitrogens with one attached hydrogen (secondary N) is 1. The van der Waals surface area contributed by atoms with Gasteiger partial charge < -0.3 is 4.98 Å². The van der Waals surface area contributed by atoms with Gasteiger partial charge in [-0.2, -0.15) is 5.10 Å². The van der Waals surface area contributed by atoms with Gasteiger partial charge in [-0.1, -0.05) is 17.8 Å². The van der Waals surface area contributed by atoms with Crippen LogP contribution in [0.15, 0.2) is 45.2 Å². The molecule has 0 aliphatic rings. The van der Waals surface area contributed by atoms with Crippen molar-refractivity contribution in [1.29, 1.82) is 0 Å². The zero-order valence-electron chi connectivity index (χ0n) is 14.9. The molecule has 0 aromatic carbocycles. The average Bonchev–Trinajstić information content (AvgIpc) is 3.42. The number of fused-ring (bicyclic) bond motifs is 2. The number of H-pyrrole nitrogens is 1. The molecule has 0 bridgehead atoms. The Bertz CT molecular complexity index is 1350. The molecule has 0 unspecified atom stereocenters. The van der Waals surface area contributed by atoms with Crippen LogP contribution in [0.3, 0.4) is 0 Å². The van der Waals surface area contributed by atoms with Crippen molar-refractivity contribution in [1.82, 2.24) is 29.7 Å². The molecule has 140 valence electrons. The summed E-state index contributed by atoms with van der Waals surface area (Å²) >= 11 is 4.65.